The summed E-state index contributed by atoms with van der Waals surface area (Å²) in [6, 6.07) is 7.82. The molecule has 1 rings (SSSR count). The van der Waals surface area contributed by atoms with Crippen LogP contribution in [0.25, 0.3) is 0 Å². The number of carbonyl (C=O) groups excluding carboxylic acids is 5. The van der Waals surface area contributed by atoms with Gasteiger partial charge in [0.25, 0.3) is 0 Å². The van der Waals surface area contributed by atoms with Crippen LogP contribution in [0.5, 0.6) is 0 Å². The quantitative estimate of drug-likeness (QED) is 0.0644. The maximum Gasteiger partial charge on any atom is 0.329 e. The van der Waals surface area contributed by atoms with Crippen LogP contribution in [-0.4, -0.2) is 98.8 Å². The highest BCUT2D eigenvalue weighted by atomic mass is 16.5. The van der Waals surface area contributed by atoms with E-state index in [0.29, 0.717) is 6.54 Å². The lowest BCUT2D eigenvalue weighted by Crippen LogP contribution is -2.52. The molecule has 0 spiro atoms. The number of nitrogens with zero attached hydrogens (tertiary/aromatic N) is 1. The SMILES string of the molecule is CC=NCCC(=O)CNCC(=O)NCC(=O)N[C@@H](Cc1ccccc1)C(=O)NCC(=O)NCOCC(=O)O. The van der Waals surface area contributed by atoms with Crippen LogP contribution in [-0.2, 0) is 39.9 Å². The van der Waals surface area contributed by atoms with Crippen LogP contribution in [0.1, 0.15) is 18.9 Å². The summed E-state index contributed by atoms with van der Waals surface area (Å²) in [4.78, 5) is 74.9. The Morgan fingerprint density at radius 2 is 1.61 bits per heavy atom. The Morgan fingerprint density at radius 1 is 0.921 bits per heavy atom. The smallest absolute Gasteiger partial charge is 0.329 e. The molecule has 0 aliphatic rings. The van der Waals surface area contributed by atoms with Crippen molar-refractivity contribution in [1.29, 1.82) is 0 Å². The third-order valence-electron chi connectivity index (χ3n) is 4.71. The average Bonchev–Trinajstić information content (AvgIpc) is 2.89. The lowest BCUT2D eigenvalue weighted by molar-refractivity contribution is -0.143. The molecule has 4 amide bonds. The van der Waals surface area contributed by atoms with Gasteiger partial charge in [0, 0.05) is 19.4 Å². The molecule has 6 N–H and O–H groups in total. The largest absolute Gasteiger partial charge is 0.480 e. The highest BCUT2D eigenvalue weighted by Gasteiger charge is 2.22. The molecule has 1 aromatic rings. The van der Waals surface area contributed by atoms with Crippen LogP contribution < -0.4 is 26.6 Å². The molecule has 0 fully saturated rings. The Hall–Kier alpha value is -4.17. The minimum atomic E-state index is -1.19. The van der Waals surface area contributed by atoms with Crippen molar-refractivity contribution in [1.82, 2.24) is 26.6 Å². The second-order valence-corrected chi connectivity index (χ2v) is 7.85. The molecule has 0 saturated heterocycles. The van der Waals surface area contributed by atoms with Crippen LogP contribution in [0.4, 0.5) is 0 Å². The number of benzene rings is 1. The van der Waals surface area contributed by atoms with Gasteiger partial charge < -0.3 is 36.4 Å². The van der Waals surface area contributed by atoms with Gasteiger partial charge in [0.15, 0.2) is 0 Å². The van der Waals surface area contributed by atoms with E-state index in [1.165, 1.54) is 0 Å². The van der Waals surface area contributed by atoms with E-state index in [1.54, 1.807) is 43.5 Å². The van der Waals surface area contributed by atoms with Crippen molar-refractivity contribution in [2.45, 2.75) is 25.8 Å². The predicted octanol–water partition coefficient (Wildman–Crippen LogP) is -2.24. The second kappa shape index (κ2) is 19.0. The van der Waals surface area contributed by atoms with E-state index >= 15 is 0 Å². The number of ether oxygens (including phenoxy) is 1. The fourth-order valence-electron chi connectivity index (χ4n) is 2.89. The summed E-state index contributed by atoms with van der Waals surface area (Å²) >= 11 is 0. The average molecular weight is 535 g/mol. The molecule has 38 heavy (non-hydrogen) atoms. The first-order chi connectivity index (χ1) is 18.2. The Balaban J connectivity index is 2.50. The number of rotatable bonds is 19. The zero-order chi connectivity index (χ0) is 28.2. The number of Topliss-reactive ketones (excluding diaryl/α,β-unsaturated/α-hetero) is 1. The zero-order valence-corrected chi connectivity index (χ0v) is 21.2. The van der Waals surface area contributed by atoms with Crippen molar-refractivity contribution >= 4 is 41.6 Å². The van der Waals surface area contributed by atoms with E-state index in [2.05, 4.69) is 31.6 Å². The lowest BCUT2D eigenvalue weighted by Gasteiger charge is -2.19. The van der Waals surface area contributed by atoms with Crippen molar-refractivity contribution < 1.29 is 38.6 Å². The molecular weight excluding hydrogens is 500 g/mol. The molecular formula is C24H34N6O8. The lowest BCUT2D eigenvalue weighted by atomic mass is 10.1. The van der Waals surface area contributed by atoms with E-state index < -0.39 is 55.3 Å². The van der Waals surface area contributed by atoms with Crippen LogP contribution in [0.2, 0.25) is 0 Å². The van der Waals surface area contributed by atoms with Crippen LogP contribution in [0.15, 0.2) is 35.3 Å². The van der Waals surface area contributed by atoms with E-state index in [-0.39, 0.29) is 38.4 Å². The maximum atomic E-state index is 12.7. The van der Waals surface area contributed by atoms with Gasteiger partial charge in [0.05, 0.1) is 26.2 Å². The number of amides is 4. The minimum Gasteiger partial charge on any atom is -0.480 e. The minimum absolute atomic E-state index is 0.00255. The van der Waals surface area contributed by atoms with E-state index in [0.717, 1.165) is 5.56 Å². The number of carboxylic acid groups (broad SMARTS) is 1. The van der Waals surface area contributed by atoms with Gasteiger partial charge in [-0.2, -0.15) is 0 Å². The fraction of sp³-hybridized carbons (Fsp3) is 0.458. The van der Waals surface area contributed by atoms with Gasteiger partial charge in [-0.15, -0.1) is 0 Å². The summed E-state index contributed by atoms with van der Waals surface area (Å²) in [5, 5.41) is 20.8. The molecule has 0 aliphatic carbocycles. The van der Waals surface area contributed by atoms with Crippen molar-refractivity contribution in [3.05, 3.63) is 35.9 Å². The standard InChI is InChI=1S/C24H34N6O8/c1-2-25-9-8-18(31)11-26-12-20(32)27-14-22(34)30-19(10-17-6-4-3-5-7-17)24(37)28-13-21(33)29-16-38-15-23(35)36/h2-7,19,26H,8-16H2,1H3,(H,27,32)(H,28,37)(H,29,33)(H,30,34)(H,35,36)/t19-/m0/s1. The number of aliphatic carboxylic acids is 1. The summed E-state index contributed by atoms with van der Waals surface area (Å²) in [5.41, 5.74) is 0.752. The number of carboxylic acids is 1. The molecule has 1 aromatic carbocycles. The van der Waals surface area contributed by atoms with Crippen molar-refractivity contribution in [3.63, 3.8) is 0 Å². The first kappa shape index (κ1) is 31.9. The number of nitrogens with one attached hydrogen (secondary N) is 5. The predicted molar refractivity (Wildman–Crippen MR) is 136 cm³/mol. The van der Waals surface area contributed by atoms with Crippen molar-refractivity contribution in [3.8, 4) is 0 Å². The fourth-order valence-corrected chi connectivity index (χ4v) is 2.89. The molecule has 14 nitrogen and oxygen atoms in total. The first-order valence-corrected chi connectivity index (χ1v) is 11.8. The molecule has 1 atom stereocenters. The molecule has 0 unspecified atom stereocenters. The number of hydrogen-bond donors (Lipinski definition) is 6. The summed E-state index contributed by atoms with van der Waals surface area (Å²) in [6.45, 7) is 0.198. The monoisotopic (exact) mass is 534 g/mol. The molecule has 0 heterocycles. The second-order valence-electron chi connectivity index (χ2n) is 7.85. The topological polar surface area (TPSA) is 204 Å². The van der Waals surface area contributed by atoms with Crippen LogP contribution >= 0.6 is 0 Å². The van der Waals surface area contributed by atoms with Gasteiger partial charge in [-0.25, -0.2) is 4.79 Å². The van der Waals surface area contributed by atoms with Crippen molar-refractivity contribution in [2.75, 3.05) is 46.1 Å². The number of carbonyl (C=O) groups is 6. The van der Waals surface area contributed by atoms with E-state index in [4.69, 9.17) is 9.84 Å². The normalized spacial score (nSPS) is 11.4. The molecule has 208 valence electrons. The molecule has 14 heteroatoms. The highest BCUT2D eigenvalue weighted by molar-refractivity contribution is 5.92. The van der Waals surface area contributed by atoms with Gasteiger partial charge in [0.1, 0.15) is 25.2 Å². The van der Waals surface area contributed by atoms with E-state index in [9.17, 15) is 28.8 Å². The summed E-state index contributed by atoms with van der Waals surface area (Å²) < 4.78 is 4.69. The van der Waals surface area contributed by atoms with Gasteiger partial charge in [-0.1, -0.05) is 30.3 Å². The van der Waals surface area contributed by atoms with Crippen LogP contribution in [0, 0.1) is 0 Å². The Kier molecular flexibility index (Phi) is 15.9. The third-order valence-corrected chi connectivity index (χ3v) is 4.71. The zero-order valence-electron chi connectivity index (χ0n) is 21.2. The third kappa shape index (κ3) is 15.7. The summed E-state index contributed by atoms with van der Waals surface area (Å²) in [6.07, 6.45) is 1.99. The molecule has 0 radical (unpaired) electrons. The van der Waals surface area contributed by atoms with Gasteiger partial charge in [-0.3, -0.25) is 29.0 Å². The van der Waals surface area contributed by atoms with Crippen molar-refractivity contribution in [2.24, 2.45) is 4.99 Å². The Labute approximate surface area is 220 Å². The first-order valence-electron chi connectivity index (χ1n) is 11.8. The van der Waals surface area contributed by atoms with E-state index in [1.807, 2.05) is 0 Å². The van der Waals surface area contributed by atoms with Crippen LogP contribution in [0.3, 0.4) is 0 Å². The van der Waals surface area contributed by atoms with Gasteiger partial charge >= 0.3 is 5.97 Å². The number of ketones is 1. The molecule has 0 aromatic heterocycles. The summed E-state index contributed by atoms with van der Waals surface area (Å²) in [7, 11) is 0. The summed E-state index contributed by atoms with van der Waals surface area (Å²) in [5.74, 6) is -3.69. The molecule has 0 aliphatic heterocycles. The van der Waals surface area contributed by atoms with Gasteiger partial charge in [0.2, 0.25) is 23.6 Å². The van der Waals surface area contributed by atoms with Gasteiger partial charge in [-0.05, 0) is 18.7 Å². The molecule has 0 saturated carbocycles. The molecule has 0 bridgehead atoms. The Bertz CT molecular complexity index is 970. The number of hydrogen-bond acceptors (Lipinski definition) is 9. The Morgan fingerprint density at radius 3 is 2.29 bits per heavy atom. The maximum absolute atomic E-state index is 12.7. The highest BCUT2D eigenvalue weighted by Crippen LogP contribution is 2.03. The number of aliphatic imine (C=N–C) groups is 1.